The van der Waals surface area contributed by atoms with Gasteiger partial charge in [0.2, 0.25) is 5.91 Å². The Morgan fingerprint density at radius 2 is 1.72 bits per heavy atom. The average molecular weight is 415 g/mol. The fourth-order valence-electron chi connectivity index (χ4n) is 3.61. The fourth-order valence-corrected chi connectivity index (χ4v) is 3.73. The second kappa shape index (κ2) is 9.76. The third kappa shape index (κ3) is 5.95. The third-order valence-corrected chi connectivity index (χ3v) is 5.60. The lowest BCUT2D eigenvalue weighted by atomic mass is 10.0. The van der Waals surface area contributed by atoms with Crippen molar-refractivity contribution in [1.29, 1.82) is 0 Å². The maximum Gasteiger partial charge on any atom is 0.312 e. The van der Waals surface area contributed by atoms with Gasteiger partial charge in [0.1, 0.15) is 0 Å². The SMILES string of the molecule is Cc1ccccc1CN1CCN(C(=O)C[C@H](NC(N)=O)c2ccc(Cl)cc2)CC1. The van der Waals surface area contributed by atoms with Gasteiger partial charge in [0.05, 0.1) is 12.5 Å². The zero-order chi connectivity index (χ0) is 20.8. The van der Waals surface area contributed by atoms with Gasteiger partial charge in [0.15, 0.2) is 0 Å². The molecular weight excluding hydrogens is 388 g/mol. The zero-order valence-electron chi connectivity index (χ0n) is 16.6. The predicted octanol–water partition coefficient (Wildman–Crippen LogP) is 3.09. The highest BCUT2D eigenvalue weighted by Gasteiger charge is 2.25. The summed E-state index contributed by atoms with van der Waals surface area (Å²) < 4.78 is 0. The van der Waals surface area contributed by atoms with Crippen LogP contribution in [0, 0.1) is 6.92 Å². The third-order valence-electron chi connectivity index (χ3n) is 5.35. The predicted molar refractivity (Wildman–Crippen MR) is 115 cm³/mol. The number of hydrogen-bond acceptors (Lipinski definition) is 3. The minimum Gasteiger partial charge on any atom is -0.352 e. The van der Waals surface area contributed by atoms with Crippen LogP contribution in [0.15, 0.2) is 48.5 Å². The molecule has 1 fully saturated rings. The van der Waals surface area contributed by atoms with Gasteiger partial charge >= 0.3 is 6.03 Å². The smallest absolute Gasteiger partial charge is 0.312 e. The molecule has 0 saturated carbocycles. The fraction of sp³-hybridized carbons (Fsp3) is 0.364. The highest BCUT2D eigenvalue weighted by atomic mass is 35.5. The molecule has 1 aliphatic rings. The molecule has 2 aromatic carbocycles. The monoisotopic (exact) mass is 414 g/mol. The Labute approximate surface area is 176 Å². The minimum absolute atomic E-state index is 0.00856. The molecule has 1 heterocycles. The first kappa shape index (κ1) is 21.1. The topological polar surface area (TPSA) is 78.7 Å². The van der Waals surface area contributed by atoms with Gasteiger partial charge in [-0.05, 0) is 35.7 Å². The van der Waals surface area contributed by atoms with E-state index >= 15 is 0 Å². The van der Waals surface area contributed by atoms with Gasteiger partial charge in [-0.2, -0.15) is 0 Å². The number of halogens is 1. The highest BCUT2D eigenvalue weighted by Crippen LogP contribution is 2.21. The van der Waals surface area contributed by atoms with Gasteiger partial charge in [0.25, 0.3) is 0 Å². The summed E-state index contributed by atoms with van der Waals surface area (Å²) in [5.41, 5.74) is 8.72. The van der Waals surface area contributed by atoms with Crippen molar-refractivity contribution in [3.63, 3.8) is 0 Å². The van der Waals surface area contributed by atoms with Crippen LogP contribution in [-0.4, -0.2) is 47.9 Å². The van der Waals surface area contributed by atoms with Gasteiger partial charge in [-0.1, -0.05) is 48.0 Å². The van der Waals surface area contributed by atoms with E-state index in [9.17, 15) is 9.59 Å². The van der Waals surface area contributed by atoms with E-state index in [1.807, 2.05) is 11.0 Å². The molecule has 0 bridgehead atoms. The lowest BCUT2D eigenvalue weighted by Crippen LogP contribution is -2.49. The molecule has 0 radical (unpaired) electrons. The van der Waals surface area contributed by atoms with E-state index < -0.39 is 12.1 Å². The first-order valence-corrected chi connectivity index (χ1v) is 10.2. The Kier molecular flexibility index (Phi) is 7.12. The molecule has 3 N–H and O–H groups in total. The molecule has 0 unspecified atom stereocenters. The number of rotatable bonds is 6. The van der Waals surface area contributed by atoms with Gasteiger partial charge in [0, 0.05) is 37.7 Å². The lowest BCUT2D eigenvalue weighted by molar-refractivity contribution is -0.133. The molecule has 0 aromatic heterocycles. The number of nitrogens with two attached hydrogens (primary N) is 1. The van der Waals surface area contributed by atoms with Crippen molar-refractivity contribution in [3.05, 3.63) is 70.2 Å². The van der Waals surface area contributed by atoms with Gasteiger partial charge in [-0.3, -0.25) is 9.69 Å². The summed E-state index contributed by atoms with van der Waals surface area (Å²) in [5, 5.41) is 3.27. The number of primary amides is 1. The molecule has 2 aromatic rings. The van der Waals surface area contributed by atoms with Crippen LogP contribution in [-0.2, 0) is 11.3 Å². The molecule has 1 saturated heterocycles. The van der Waals surface area contributed by atoms with Crippen molar-refractivity contribution in [1.82, 2.24) is 15.1 Å². The molecule has 1 atom stereocenters. The Balaban J connectivity index is 1.56. The number of urea groups is 1. The maximum atomic E-state index is 12.8. The summed E-state index contributed by atoms with van der Waals surface area (Å²) in [4.78, 5) is 28.5. The van der Waals surface area contributed by atoms with E-state index in [0.29, 0.717) is 18.1 Å². The Morgan fingerprint density at radius 3 is 2.34 bits per heavy atom. The molecule has 0 aliphatic carbocycles. The van der Waals surface area contributed by atoms with E-state index in [1.165, 1.54) is 11.1 Å². The first-order chi connectivity index (χ1) is 13.9. The number of carbonyl (C=O) groups is 2. The Bertz CT molecular complexity index is 848. The molecule has 3 amide bonds. The van der Waals surface area contributed by atoms with Crippen molar-refractivity contribution in [2.45, 2.75) is 25.9 Å². The maximum absolute atomic E-state index is 12.8. The molecule has 154 valence electrons. The van der Waals surface area contributed by atoms with Crippen molar-refractivity contribution < 1.29 is 9.59 Å². The van der Waals surface area contributed by atoms with Crippen LogP contribution in [0.25, 0.3) is 0 Å². The van der Waals surface area contributed by atoms with Crippen molar-refractivity contribution in [2.24, 2.45) is 5.73 Å². The summed E-state index contributed by atoms with van der Waals surface area (Å²) in [6, 6.07) is 14.3. The van der Waals surface area contributed by atoms with Gasteiger partial charge < -0.3 is 16.0 Å². The molecule has 0 spiro atoms. The van der Waals surface area contributed by atoms with Crippen molar-refractivity contribution >= 4 is 23.5 Å². The number of aryl methyl sites for hydroxylation is 1. The van der Waals surface area contributed by atoms with Crippen molar-refractivity contribution in [3.8, 4) is 0 Å². The summed E-state index contributed by atoms with van der Waals surface area (Å²) in [6.07, 6.45) is 0.169. The molecule has 29 heavy (non-hydrogen) atoms. The van der Waals surface area contributed by atoms with Crippen LogP contribution < -0.4 is 11.1 Å². The number of nitrogens with one attached hydrogen (secondary N) is 1. The number of nitrogens with zero attached hydrogens (tertiary/aromatic N) is 2. The quantitative estimate of drug-likeness (QED) is 0.762. The number of amides is 3. The van der Waals surface area contributed by atoms with Crippen LogP contribution in [0.5, 0.6) is 0 Å². The second-order valence-corrected chi connectivity index (χ2v) is 7.84. The molecular formula is C22H27ClN4O2. The van der Waals surface area contributed by atoms with Crippen molar-refractivity contribution in [2.75, 3.05) is 26.2 Å². The molecule has 7 heteroatoms. The lowest BCUT2D eigenvalue weighted by Gasteiger charge is -2.35. The minimum atomic E-state index is -0.652. The number of benzene rings is 2. The first-order valence-electron chi connectivity index (χ1n) is 9.78. The molecule has 6 nitrogen and oxygen atoms in total. The average Bonchev–Trinajstić information content (AvgIpc) is 2.70. The Morgan fingerprint density at radius 1 is 1.07 bits per heavy atom. The van der Waals surface area contributed by atoms with Crippen LogP contribution in [0.3, 0.4) is 0 Å². The summed E-state index contributed by atoms with van der Waals surface area (Å²) >= 11 is 5.94. The standard InChI is InChI=1S/C22H27ClN4O2/c1-16-4-2-3-5-18(16)15-26-10-12-27(13-11-26)21(28)14-20(25-22(24)29)17-6-8-19(23)9-7-17/h2-9,20H,10-15H2,1H3,(H3,24,25,29)/t20-/m0/s1. The van der Waals surface area contributed by atoms with E-state index in [0.717, 1.165) is 25.2 Å². The second-order valence-electron chi connectivity index (χ2n) is 7.40. The van der Waals surface area contributed by atoms with Crippen LogP contribution in [0.4, 0.5) is 4.79 Å². The zero-order valence-corrected chi connectivity index (χ0v) is 17.4. The molecule has 3 rings (SSSR count). The Hall–Kier alpha value is -2.57. The number of hydrogen-bond donors (Lipinski definition) is 2. The number of carbonyl (C=O) groups excluding carboxylic acids is 2. The van der Waals surface area contributed by atoms with E-state index in [-0.39, 0.29) is 12.3 Å². The van der Waals surface area contributed by atoms with Gasteiger partial charge in [-0.25, -0.2) is 4.79 Å². The van der Waals surface area contributed by atoms with E-state index in [1.54, 1.807) is 24.3 Å². The largest absolute Gasteiger partial charge is 0.352 e. The van der Waals surface area contributed by atoms with E-state index in [2.05, 4.69) is 35.3 Å². The molecule has 1 aliphatic heterocycles. The highest BCUT2D eigenvalue weighted by molar-refractivity contribution is 6.30. The van der Waals surface area contributed by atoms with Crippen LogP contribution in [0.1, 0.15) is 29.2 Å². The van der Waals surface area contributed by atoms with Crippen LogP contribution in [0.2, 0.25) is 5.02 Å². The summed E-state index contributed by atoms with van der Waals surface area (Å²) in [5.74, 6) is 0.00856. The normalized spacial score (nSPS) is 15.7. The summed E-state index contributed by atoms with van der Waals surface area (Å²) in [7, 11) is 0. The van der Waals surface area contributed by atoms with Crippen LogP contribution >= 0.6 is 11.6 Å². The van der Waals surface area contributed by atoms with E-state index in [4.69, 9.17) is 17.3 Å². The summed E-state index contributed by atoms with van der Waals surface area (Å²) in [6.45, 7) is 6.02. The van der Waals surface area contributed by atoms with Gasteiger partial charge in [-0.15, -0.1) is 0 Å². The number of piperazine rings is 1.